The van der Waals surface area contributed by atoms with Crippen LogP contribution in [-0.4, -0.2) is 150 Å². The Labute approximate surface area is 274 Å². The zero-order valence-electron chi connectivity index (χ0n) is 28.0. The first-order valence-corrected chi connectivity index (χ1v) is 15.8. The van der Waals surface area contributed by atoms with Gasteiger partial charge < -0.3 is 62.6 Å². The summed E-state index contributed by atoms with van der Waals surface area (Å²) < 4.78 is 65.0. The van der Waals surface area contributed by atoms with Crippen LogP contribution in [0.3, 0.4) is 0 Å². The van der Waals surface area contributed by atoms with E-state index in [1.807, 2.05) is 32.9 Å². The Bertz CT molecular complexity index is 808. The van der Waals surface area contributed by atoms with E-state index in [0.29, 0.717) is 138 Å². The van der Waals surface area contributed by atoms with E-state index in [2.05, 4.69) is 0 Å². The van der Waals surface area contributed by atoms with Crippen molar-refractivity contribution in [1.29, 1.82) is 0 Å². The van der Waals surface area contributed by atoms with Gasteiger partial charge in [0, 0.05) is 5.69 Å². The maximum atomic E-state index is 11.5. The number of nitrogens with two attached hydrogens (primary N) is 1. The maximum Gasteiger partial charge on any atom is 0.332 e. The molecule has 0 aliphatic rings. The van der Waals surface area contributed by atoms with Crippen LogP contribution in [0.25, 0.3) is 0 Å². The summed E-state index contributed by atoms with van der Waals surface area (Å²) in [5.74, 6) is 0.380. The topological polar surface area (TPSA) is 154 Å². The second kappa shape index (κ2) is 30.2. The second-order valence-corrected chi connectivity index (χ2v) is 10.6. The highest BCUT2D eigenvalue weighted by Gasteiger charge is 2.15. The summed E-state index contributed by atoms with van der Waals surface area (Å²) in [4.78, 5) is 11.5. The van der Waals surface area contributed by atoms with Crippen LogP contribution in [0.15, 0.2) is 24.3 Å². The molecule has 0 bridgehead atoms. The van der Waals surface area contributed by atoms with Gasteiger partial charge in [-0.1, -0.05) is 0 Å². The van der Waals surface area contributed by atoms with Gasteiger partial charge in [0.25, 0.3) is 0 Å². The van der Waals surface area contributed by atoms with Gasteiger partial charge in [-0.05, 0) is 45.0 Å². The molecule has 0 fully saturated rings. The first-order valence-electron chi connectivity index (χ1n) is 15.8. The molecular formula is C32H57NO13. The van der Waals surface area contributed by atoms with E-state index in [9.17, 15) is 4.79 Å². The Kier molecular flexibility index (Phi) is 27.6. The summed E-state index contributed by atoms with van der Waals surface area (Å²) in [7, 11) is 0. The molecule has 0 aromatic heterocycles. The number of carbonyl (C=O) groups excluding carboxylic acids is 1. The fourth-order valence-corrected chi connectivity index (χ4v) is 3.29. The third-order valence-corrected chi connectivity index (χ3v) is 5.36. The highest BCUT2D eigenvalue weighted by atomic mass is 16.6. The number of carbonyl (C=O) groups is 1. The van der Waals surface area contributed by atoms with Crippen LogP contribution in [0.4, 0.5) is 5.69 Å². The molecule has 0 heterocycles. The Hall–Kier alpha value is -2.11. The van der Waals surface area contributed by atoms with Crippen LogP contribution >= 0.6 is 0 Å². The molecule has 1 aromatic carbocycles. The molecule has 46 heavy (non-hydrogen) atoms. The lowest BCUT2D eigenvalue weighted by atomic mass is 10.2. The van der Waals surface area contributed by atoms with E-state index in [-0.39, 0.29) is 12.6 Å². The third-order valence-electron chi connectivity index (χ3n) is 5.36. The summed E-state index contributed by atoms with van der Waals surface area (Å²) in [5, 5.41) is 0. The van der Waals surface area contributed by atoms with E-state index in [4.69, 9.17) is 62.6 Å². The fraction of sp³-hybridized carbons (Fsp3) is 0.781. The maximum absolute atomic E-state index is 11.5. The lowest BCUT2D eigenvalue weighted by molar-refractivity contribution is -0.160. The molecule has 0 radical (unpaired) electrons. The second-order valence-electron chi connectivity index (χ2n) is 10.6. The number of hydrogen-bond donors (Lipinski definition) is 1. The smallest absolute Gasteiger partial charge is 0.332 e. The number of hydrogen-bond acceptors (Lipinski definition) is 14. The van der Waals surface area contributed by atoms with Crippen LogP contribution in [0.1, 0.15) is 20.8 Å². The molecule has 0 saturated heterocycles. The summed E-state index contributed by atoms with van der Waals surface area (Å²) in [6.07, 6.45) is 0. The first kappa shape index (κ1) is 41.9. The largest absolute Gasteiger partial charge is 0.491 e. The average molecular weight is 664 g/mol. The van der Waals surface area contributed by atoms with E-state index < -0.39 is 5.60 Å². The Morgan fingerprint density at radius 1 is 0.478 bits per heavy atom. The van der Waals surface area contributed by atoms with Gasteiger partial charge in [-0.25, -0.2) is 4.79 Å². The molecule has 0 saturated carbocycles. The van der Waals surface area contributed by atoms with Crippen molar-refractivity contribution in [3.8, 4) is 5.75 Å². The van der Waals surface area contributed by atoms with E-state index >= 15 is 0 Å². The SMILES string of the molecule is CC(C)(C)OC(=O)COCCOCCOCCOCCOCCOCCOCCOCCOCCOCCOc1ccc(N)cc1. The zero-order valence-corrected chi connectivity index (χ0v) is 28.0. The number of esters is 1. The Morgan fingerprint density at radius 3 is 1.07 bits per heavy atom. The van der Waals surface area contributed by atoms with Crippen molar-refractivity contribution in [3.05, 3.63) is 24.3 Å². The monoisotopic (exact) mass is 663 g/mol. The van der Waals surface area contributed by atoms with Crippen LogP contribution in [-0.2, 0) is 56.9 Å². The van der Waals surface area contributed by atoms with Gasteiger partial charge in [-0.3, -0.25) is 0 Å². The molecule has 0 amide bonds. The summed E-state index contributed by atoms with van der Waals surface area (Å²) in [5.41, 5.74) is 5.83. The van der Waals surface area contributed by atoms with Crippen molar-refractivity contribution < 1.29 is 61.6 Å². The normalized spacial score (nSPS) is 11.6. The van der Waals surface area contributed by atoms with Gasteiger partial charge in [-0.15, -0.1) is 0 Å². The standard InChI is InChI=1S/C32H57NO13/c1-32(2,3)46-31(34)28-44-25-24-42-21-20-40-17-16-38-13-12-36-9-8-35-10-11-37-14-15-39-18-19-41-22-23-43-26-27-45-30-6-4-29(33)5-7-30/h4-7H,8-28,33H2,1-3H3. The molecule has 0 unspecified atom stereocenters. The van der Waals surface area contributed by atoms with Crippen LogP contribution in [0, 0.1) is 0 Å². The molecule has 268 valence electrons. The quantitative estimate of drug-likeness (QED) is 0.0664. The molecule has 2 N–H and O–H groups in total. The summed E-state index contributed by atoms with van der Waals surface area (Å²) in [6.45, 7) is 14.8. The summed E-state index contributed by atoms with van der Waals surface area (Å²) in [6, 6.07) is 7.25. The molecule has 0 spiro atoms. The van der Waals surface area contributed by atoms with Crippen molar-refractivity contribution >= 4 is 11.7 Å². The van der Waals surface area contributed by atoms with Gasteiger partial charge >= 0.3 is 5.97 Å². The minimum Gasteiger partial charge on any atom is -0.491 e. The van der Waals surface area contributed by atoms with Gasteiger partial charge in [-0.2, -0.15) is 0 Å². The molecular weight excluding hydrogens is 606 g/mol. The Morgan fingerprint density at radius 2 is 0.761 bits per heavy atom. The fourth-order valence-electron chi connectivity index (χ4n) is 3.29. The van der Waals surface area contributed by atoms with Crippen LogP contribution in [0.2, 0.25) is 0 Å². The molecule has 14 heteroatoms. The number of nitrogen functional groups attached to an aromatic ring is 1. The highest BCUT2D eigenvalue weighted by Crippen LogP contribution is 2.12. The van der Waals surface area contributed by atoms with E-state index in [1.165, 1.54) is 0 Å². The molecule has 0 aliphatic heterocycles. The van der Waals surface area contributed by atoms with Crippen molar-refractivity contribution in [1.82, 2.24) is 0 Å². The number of ether oxygens (including phenoxy) is 12. The van der Waals surface area contributed by atoms with Gasteiger partial charge in [0.1, 0.15) is 24.6 Å². The van der Waals surface area contributed by atoms with Crippen LogP contribution < -0.4 is 10.5 Å². The van der Waals surface area contributed by atoms with E-state index in [1.54, 1.807) is 12.1 Å². The number of rotatable bonds is 33. The lowest BCUT2D eigenvalue weighted by Crippen LogP contribution is -2.27. The third kappa shape index (κ3) is 30.5. The van der Waals surface area contributed by atoms with Gasteiger partial charge in [0.2, 0.25) is 0 Å². The molecule has 0 aliphatic carbocycles. The molecule has 0 atom stereocenters. The van der Waals surface area contributed by atoms with Crippen LogP contribution in [0.5, 0.6) is 5.75 Å². The molecule has 1 aromatic rings. The number of benzene rings is 1. The van der Waals surface area contributed by atoms with Crippen molar-refractivity contribution in [3.63, 3.8) is 0 Å². The lowest BCUT2D eigenvalue weighted by Gasteiger charge is -2.19. The van der Waals surface area contributed by atoms with Crippen molar-refractivity contribution in [2.24, 2.45) is 0 Å². The van der Waals surface area contributed by atoms with Gasteiger partial charge in [0.15, 0.2) is 0 Å². The predicted molar refractivity (Wildman–Crippen MR) is 170 cm³/mol. The highest BCUT2D eigenvalue weighted by molar-refractivity contribution is 5.71. The van der Waals surface area contributed by atoms with Crippen molar-refractivity contribution in [2.45, 2.75) is 26.4 Å². The van der Waals surface area contributed by atoms with Crippen molar-refractivity contribution in [2.75, 3.05) is 144 Å². The predicted octanol–water partition coefficient (Wildman–Crippen LogP) is 2.16. The average Bonchev–Trinajstić information content (AvgIpc) is 3.01. The Balaban J connectivity index is 1.65. The summed E-state index contributed by atoms with van der Waals surface area (Å²) >= 11 is 0. The number of anilines is 1. The minimum absolute atomic E-state index is 0.0841. The molecule has 14 nitrogen and oxygen atoms in total. The minimum atomic E-state index is -0.512. The zero-order chi connectivity index (χ0) is 33.4. The van der Waals surface area contributed by atoms with Gasteiger partial charge in [0.05, 0.1) is 126 Å². The first-order chi connectivity index (χ1) is 22.4. The van der Waals surface area contributed by atoms with E-state index in [0.717, 1.165) is 5.75 Å². The molecule has 1 rings (SSSR count).